The molecular formula is C18H19FN2O4S. The minimum Gasteiger partial charge on any atom is -0.377 e. The zero-order valence-electron chi connectivity index (χ0n) is 13.9. The van der Waals surface area contributed by atoms with Gasteiger partial charge < -0.3 is 10.1 Å². The van der Waals surface area contributed by atoms with E-state index in [2.05, 4.69) is 10.0 Å². The molecule has 1 fully saturated rings. The molecule has 0 aliphatic carbocycles. The summed E-state index contributed by atoms with van der Waals surface area (Å²) in [6.45, 7) is 0.847. The number of sulfonamides is 1. The van der Waals surface area contributed by atoms with E-state index in [0.717, 1.165) is 12.8 Å². The first kappa shape index (κ1) is 18.5. The van der Waals surface area contributed by atoms with Gasteiger partial charge in [-0.15, -0.1) is 0 Å². The number of hydrogen-bond donors (Lipinski definition) is 2. The van der Waals surface area contributed by atoms with E-state index in [1.807, 2.05) is 0 Å². The predicted octanol–water partition coefficient (Wildman–Crippen LogP) is 2.54. The number of anilines is 1. The van der Waals surface area contributed by atoms with E-state index in [0.29, 0.717) is 12.3 Å². The fourth-order valence-electron chi connectivity index (χ4n) is 2.63. The number of ether oxygens (including phenoxy) is 1. The Morgan fingerprint density at radius 1 is 1.19 bits per heavy atom. The van der Waals surface area contributed by atoms with Crippen LogP contribution in [0.3, 0.4) is 0 Å². The largest absolute Gasteiger partial charge is 0.377 e. The normalized spacial score (nSPS) is 17.2. The third-order valence-corrected chi connectivity index (χ3v) is 5.45. The molecule has 1 amide bonds. The van der Waals surface area contributed by atoms with E-state index < -0.39 is 21.7 Å². The monoisotopic (exact) mass is 378 g/mol. The molecule has 0 bridgehead atoms. The molecule has 1 heterocycles. The van der Waals surface area contributed by atoms with Gasteiger partial charge in [-0.2, -0.15) is 0 Å². The van der Waals surface area contributed by atoms with Crippen molar-refractivity contribution in [3.8, 4) is 0 Å². The van der Waals surface area contributed by atoms with Crippen molar-refractivity contribution in [2.24, 2.45) is 0 Å². The molecule has 6 nitrogen and oxygen atoms in total. The van der Waals surface area contributed by atoms with Crippen LogP contribution in [-0.2, 0) is 14.8 Å². The summed E-state index contributed by atoms with van der Waals surface area (Å²) < 4.78 is 45.7. The molecule has 0 spiro atoms. The van der Waals surface area contributed by atoms with Gasteiger partial charge in [0.25, 0.3) is 5.91 Å². The summed E-state index contributed by atoms with van der Waals surface area (Å²) in [6.07, 6.45) is 1.63. The second-order valence-corrected chi connectivity index (χ2v) is 7.74. The van der Waals surface area contributed by atoms with Crippen LogP contribution in [0.1, 0.15) is 23.2 Å². The first-order valence-electron chi connectivity index (χ1n) is 8.22. The minimum atomic E-state index is -3.74. The average Bonchev–Trinajstić information content (AvgIpc) is 3.16. The van der Waals surface area contributed by atoms with Gasteiger partial charge in [0.05, 0.1) is 11.0 Å². The molecule has 0 aromatic heterocycles. The number of nitrogens with one attached hydrogen (secondary N) is 2. The van der Waals surface area contributed by atoms with Crippen LogP contribution in [0, 0.1) is 5.82 Å². The second-order valence-electron chi connectivity index (χ2n) is 5.98. The molecule has 1 atom stereocenters. The van der Waals surface area contributed by atoms with Gasteiger partial charge in [0, 0.05) is 24.4 Å². The van der Waals surface area contributed by atoms with E-state index in [1.54, 1.807) is 0 Å². The highest BCUT2D eigenvalue weighted by Crippen LogP contribution is 2.16. The molecule has 3 rings (SSSR count). The molecule has 0 saturated carbocycles. The highest BCUT2D eigenvalue weighted by Gasteiger charge is 2.21. The third kappa shape index (κ3) is 4.66. The molecule has 1 aliphatic rings. The Balaban J connectivity index is 1.70. The topological polar surface area (TPSA) is 84.5 Å². The van der Waals surface area contributed by atoms with Crippen molar-refractivity contribution in [3.05, 3.63) is 59.9 Å². The third-order valence-electron chi connectivity index (χ3n) is 4.03. The summed E-state index contributed by atoms with van der Waals surface area (Å²) in [5.41, 5.74) is 0.607. The summed E-state index contributed by atoms with van der Waals surface area (Å²) in [5, 5.41) is 2.60. The Morgan fingerprint density at radius 2 is 1.96 bits per heavy atom. The molecule has 2 N–H and O–H groups in total. The lowest BCUT2D eigenvalue weighted by Crippen LogP contribution is -2.32. The van der Waals surface area contributed by atoms with E-state index in [1.165, 1.54) is 48.5 Å². The predicted molar refractivity (Wildman–Crippen MR) is 95.0 cm³/mol. The maximum atomic E-state index is 12.9. The van der Waals surface area contributed by atoms with Crippen molar-refractivity contribution in [3.63, 3.8) is 0 Å². The fraction of sp³-hybridized carbons (Fsp3) is 0.278. The Hall–Kier alpha value is -2.29. The van der Waals surface area contributed by atoms with Crippen LogP contribution >= 0.6 is 0 Å². The van der Waals surface area contributed by atoms with Gasteiger partial charge in [0.15, 0.2) is 0 Å². The summed E-state index contributed by atoms with van der Waals surface area (Å²) >= 11 is 0. The van der Waals surface area contributed by atoms with Crippen LogP contribution in [0.5, 0.6) is 0 Å². The number of benzene rings is 2. The quantitative estimate of drug-likeness (QED) is 0.809. The summed E-state index contributed by atoms with van der Waals surface area (Å²) in [6, 6.07) is 11.0. The highest BCUT2D eigenvalue weighted by atomic mass is 32.2. The molecule has 26 heavy (non-hydrogen) atoms. The lowest BCUT2D eigenvalue weighted by Gasteiger charge is -2.12. The minimum absolute atomic E-state index is 0.00209. The fourth-order valence-corrected chi connectivity index (χ4v) is 3.74. The lowest BCUT2D eigenvalue weighted by molar-refractivity contribution is 0.102. The molecule has 2 aromatic carbocycles. The number of halogens is 1. The van der Waals surface area contributed by atoms with Gasteiger partial charge in [-0.05, 0) is 55.3 Å². The molecule has 2 aromatic rings. The molecule has 0 radical (unpaired) electrons. The van der Waals surface area contributed by atoms with Gasteiger partial charge in [-0.25, -0.2) is 17.5 Å². The smallest absolute Gasteiger partial charge is 0.255 e. The van der Waals surface area contributed by atoms with Gasteiger partial charge in [-0.3, -0.25) is 4.79 Å². The zero-order chi connectivity index (χ0) is 18.6. The van der Waals surface area contributed by atoms with Crippen LogP contribution in [0.15, 0.2) is 53.4 Å². The summed E-state index contributed by atoms with van der Waals surface area (Å²) in [7, 11) is -3.74. The average molecular weight is 378 g/mol. The van der Waals surface area contributed by atoms with Crippen LogP contribution in [0.25, 0.3) is 0 Å². The first-order valence-corrected chi connectivity index (χ1v) is 9.71. The Labute approximate surface area is 151 Å². The maximum absolute atomic E-state index is 12.9. The summed E-state index contributed by atoms with van der Waals surface area (Å²) in [5.74, 6) is -0.888. The second kappa shape index (κ2) is 7.94. The van der Waals surface area contributed by atoms with Crippen LogP contribution in [0.4, 0.5) is 10.1 Å². The van der Waals surface area contributed by atoms with Crippen molar-refractivity contribution in [2.45, 2.75) is 23.8 Å². The molecule has 138 valence electrons. The summed E-state index contributed by atoms with van der Waals surface area (Å²) in [4.78, 5) is 12.3. The number of carbonyl (C=O) groups excluding carboxylic acids is 1. The molecular weight excluding hydrogens is 359 g/mol. The number of amides is 1. The van der Waals surface area contributed by atoms with Crippen molar-refractivity contribution < 1.29 is 22.3 Å². The van der Waals surface area contributed by atoms with Crippen molar-refractivity contribution in [1.29, 1.82) is 0 Å². The number of carbonyl (C=O) groups is 1. The maximum Gasteiger partial charge on any atom is 0.255 e. The van der Waals surface area contributed by atoms with Crippen molar-refractivity contribution in [1.82, 2.24) is 4.72 Å². The SMILES string of the molecule is O=C(Nc1ccc(F)cc1)c1cccc(S(=O)(=O)NCC2CCCO2)c1. The standard InChI is InChI=1S/C18H19FN2O4S/c19-14-6-8-15(9-7-14)21-18(22)13-3-1-5-17(11-13)26(23,24)20-12-16-4-2-10-25-16/h1,3,5-9,11,16,20H,2,4,10,12H2,(H,21,22). The Morgan fingerprint density at radius 3 is 2.65 bits per heavy atom. The van der Waals surface area contributed by atoms with E-state index in [9.17, 15) is 17.6 Å². The number of rotatable bonds is 6. The Kier molecular flexibility index (Phi) is 5.65. The van der Waals surface area contributed by atoms with Crippen molar-refractivity contribution in [2.75, 3.05) is 18.5 Å². The molecule has 1 saturated heterocycles. The van der Waals surface area contributed by atoms with Crippen LogP contribution < -0.4 is 10.0 Å². The van der Waals surface area contributed by atoms with Gasteiger partial charge in [-0.1, -0.05) is 6.07 Å². The highest BCUT2D eigenvalue weighted by molar-refractivity contribution is 7.89. The van der Waals surface area contributed by atoms with Gasteiger partial charge in [0.1, 0.15) is 5.82 Å². The van der Waals surface area contributed by atoms with Crippen LogP contribution in [0.2, 0.25) is 0 Å². The zero-order valence-corrected chi connectivity index (χ0v) is 14.8. The van der Waals surface area contributed by atoms with E-state index >= 15 is 0 Å². The van der Waals surface area contributed by atoms with E-state index in [-0.39, 0.29) is 23.1 Å². The number of hydrogen-bond acceptors (Lipinski definition) is 4. The Bertz CT molecular complexity index is 878. The lowest BCUT2D eigenvalue weighted by atomic mass is 10.2. The van der Waals surface area contributed by atoms with Crippen LogP contribution in [-0.4, -0.2) is 33.6 Å². The van der Waals surface area contributed by atoms with Gasteiger partial charge >= 0.3 is 0 Å². The molecule has 8 heteroatoms. The van der Waals surface area contributed by atoms with Gasteiger partial charge in [0.2, 0.25) is 10.0 Å². The van der Waals surface area contributed by atoms with Crippen molar-refractivity contribution >= 4 is 21.6 Å². The molecule has 1 aliphatic heterocycles. The molecule has 1 unspecified atom stereocenters. The van der Waals surface area contributed by atoms with E-state index in [4.69, 9.17) is 4.74 Å². The first-order chi connectivity index (χ1) is 12.4.